The molecule has 0 atom stereocenters. The first-order valence-electron chi connectivity index (χ1n) is 4.93. The predicted molar refractivity (Wildman–Crippen MR) is 59.7 cm³/mol. The second-order valence-electron chi connectivity index (χ2n) is 3.35. The first-order chi connectivity index (χ1) is 7.29. The summed E-state index contributed by atoms with van der Waals surface area (Å²) < 4.78 is 0. The summed E-state index contributed by atoms with van der Waals surface area (Å²) in [5, 5.41) is 0. The lowest BCUT2D eigenvalue weighted by Crippen LogP contribution is -2.04. The maximum absolute atomic E-state index is 11.1. The monoisotopic (exact) mass is 200 g/mol. The van der Waals surface area contributed by atoms with Crippen LogP contribution in [0.4, 0.5) is 0 Å². The van der Waals surface area contributed by atoms with Crippen molar-refractivity contribution < 1.29 is 0 Å². The Hall–Kier alpha value is -1.90. The molecule has 0 unspecified atom stereocenters. The van der Waals surface area contributed by atoms with Crippen molar-refractivity contribution in [2.24, 2.45) is 0 Å². The van der Waals surface area contributed by atoms with Crippen molar-refractivity contribution in [3.8, 4) is 11.3 Å². The normalized spacial score (nSPS) is 10.2. The van der Waals surface area contributed by atoms with Crippen LogP contribution in [0, 0.1) is 0 Å². The molecule has 0 bridgehead atoms. The standard InChI is InChI=1S/C12H12N2O/c1-2-9-3-5-10(6-4-9)11-7-12(15)14-8-13-11/h3-8H,2H2,1H3,(H,13,14,15). The van der Waals surface area contributed by atoms with E-state index in [0.717, 1.165) is 12.0 Å². The van der Waals surface area contributed by atoms with Gasteiger partial charge in [0.2, 0.25) is 0 Å². The lowest BCUT2D eigenvalue weighted by molar-refractivity contribution is 1.12. The maximum Gasteiger partial charge on any atom is 0.251 e. The molecule has 76 valence electrons. The molecule has 15 heavy (non-hydrogen) atoms. The molecule has 0 fully saturated rings. The highest BCUT2D eigenvalue weighted by Gasteiger charge is 1.99. The fourth-order valence-electron chi connectivity index (χ4n) is 1.44. The van der Waals surface area contributed by atoms with Crippen LogP contribution in [0.5, 0.6) is 0 Å². The van der Waals surface area contributed by atoms with E-state index in [1.165, 1.54) is 18.0 Å². The molecule has 2 rings (SSSR count). The van der Waals surface area contributed by atoms with Gasteiger partial charge in [0.05, 0.1) is 12.0 Å². The number of benzene rings is 1. The Morgan fingerprint density at radius 1 is 1.27 bits per heavy atom. The van der Waals surface area contributed by atoms with E-state index >= 15 is 0 Å². The number of H-pyrrole nitrogens is 1. The second kappa shape index (κ2) is 4.09. The summed E-state index contributed by atoms with van der Waals surface area (Å²) in [4.78, 5) is 17.7. The summed E-state index contributed by atoms with van der Waals surface area (Å²) in [6.07, 6.45) is 2.44. The van der Waals surface area contributed by atoms with Gasteiger partial charge in [-0.05, 0) is 12.0 Å². The Morgan fingerprint density at radius 3 is 2.60 bits per heavy atom. The summed E-state index contributed by atoms with van der Waals surface area (Å²) in [5.74, 6) is 0. The average molecular weight is 200 g/mol. The molecule has 0 radical (unpaired) electrons. The van der Waals surface area contributed by atoms with Crippen LogP contribution >= 0.6 is 0 Å². The predicted octanol–water partition coefficient (Wildman–Crippen LogP) is 2.00. The van der Waals surface area contributed by atoms with Gasteiger partial charge < -0.3 is 4.98 Å². The van der Waals surface area contributed by atoms with Gasteiger partial charge in [0.15, 0.2) is 0 Å². The van der Waals surface area contributed by atoms with Crippen LogP contribution in [-0.2, 0) is 6.42 Å². The lowest BCUT2D eigenvalue weighted by Gasteiger charge is -2.00. The third-order valence-electron chi connectivity index (χ3n) is 2.34. The van der Waals surface area contributed by atoms with Gasteiger partial charge in [-0.25, -0.2) is 4.98 Å². The largest absolute Gasteiger partial charge is 0.313 e. The third-order valence-corrected chi connectivity index (χ3v) is 2.34. The van der Waals surface area contributed by atoms with E-state index < -0.39 is 0 Å². The van der Waals surface area contributed by atoms with E-state index in [0.29, 0.717) is 5.69 Å². The molecule has 2 aromatic rings. The molecule has 3 nitrogen and oxygen atoms in total. The molecule has 0 aliphatic heterocycles. The minimum atomic E-state index is -0.125. The van der Waals surface area contributed by atoms with Gasteiger partial charge in [-0.1, -0.05) is 31.2 Å². The lowest BCUT2D eigenvalue weighted by atomic mass is 10.1. The fraction of sp³-hybridized carbons (Fsp3) is 0.167. The van der Waals surface area contributed by atoms with E-state index in [2.05, 4.69) is 29.0 Å². The van der Waals surface area contributed by atoms with Crippen LogP contribution < -0.4 is 5.56 Å². The van der Waals surface area contributed by atoms with Gasteiger partial charge in [-0.15, -0.1) is 0 Å². The number of rotatable bonds is 2. The van der Waals surface area contributed by atoms with Crippen LogP contribution in [0.2, 0.25) is 0 Å². The third kappa shape index (κ3) is 2.13. The van der Waals surface area contributed by atoms with Gasteiger partial charge in [0.1, 0.15) is 0 Å². The number of aromatic amines is 1. The Balaban J connectivity index is 2.41. The number of aryl methyl sites for hydroxylation is 1. The summed E-state index contributed by atoms with van der Waals surface area (Å²) >= 11 is 0. The van der Waals surface area contributed by atoms with Crippen molar-refractivity contribution in [2.75, 3.05) is 0 Å². The highest BCUT2D eigenvalue weighted by molar-refractivity contribution is 5.58. The first kappa shape index (κ1) is 9.65. The minimum absolute atomic E-state index is 0.125. The van der Waals surface area contributed by atoms with Gasteiger partial charge in [0.25, 0.3) is 5.56 Å². The van der Waals surface area contributed by atoms with Gasteiger partial charge in [-0.3, -0.25) is 4.79 Å². The molecule has 1 aromatic heterocycles. The molecular weight excluding hydrogens is 188 g/mol. The topological polar surface area (TPSA) is 45.8 Å². The van der Waals surface area contributed by atoms with E-state index in [9.17, 15) is 4.79 Å². The second-order valence-corrected chi connectivity index (χ2v) is 3.35. The van der Waals surface area contributed by atoms with Crippen LogP contribution in [0.25, 0.3) is 11.3 Å². The van der Waals surface area contributed by atoms with Crippen molar-refractivity contribution in [1.29, 1.82) is 0 Å². The number of aromatic nitrogens is 2. The highest BCUT2D eigenvalue weighted by Crippen LogP contribution is 2.15. The molecule has 0 saturated carbocycles. The molecule has 0 spiro atoms. The van der Waals surface area contributed by atoms with E-state index in [4.69, 9.17) is 0 Å². The Kier molecular flexibility index (Phi) is 2.63. The van der Waals surface area contributed by atoms with Crippen molar-refractivity contribution in [3.05, 3.63) is 52.6 Å². The first-order valence-corrected chi connectivity index (χ1v) is 4.93. The van der Waals surface area contributed by atoms with Crippen LogP contribution in [0.15, 0.2) is 41.5 Å². The summed E-state index contributed by atoms with van der Waals surface area (Å²) in [6, 6.07) is 9.58. The molecular formula is C12H12N2O. The number of hydrogen-bond acceptors (Lipinski definition) is 2. The van der Waals surface area contributed by atoms with Crippen LogP contribution in [0.1, 0.15) is 12.5 Å². The van der Waals surface area contributed by atoms with Crippen LogP contribution in [-0.4, -0.2) is 9.97 Å². The van der Waals surface area contributed by atoms with Crippen molar-refractivity contribution in [3.63, 3.8) is 0 Å². The quantitative estimate of drug-likeness (QED) is 0.805. The zero-order valence-corrected chi connectivity index (χ0v) is 8.53. The molecule has 0 aliphatic carbocycles. The minimum Gasteiger partial charge on any atom is -0.313 e. The Morgan fingerprint density at radius 2 is 2.00 bits per heavy atom. The highest BCUT2D eigenvalue weighted by atomic mass is 16.1. The number of nitrogens with one attached hydrogen (secondary N) is 1. The Labute approximate surface area is 87.8 Å². The van der Waals surface area contributed by atoms with Crippen LogP contribution in [0.3, 0.4) is 0 Å². The summed E-state index contributed by atoms with van der Waals surface area (Å²) in [6.45, 7) is 2.11. The number of nitrogens with zero attached hydrogens (tertiary/aromatic N) is 1. The Bertz CT molecular complexity index is 500. The molecule has 1 heterocycles. The molecule has 0 saturated heterocycles. The summed E-state index contributed by atoms with van der Waals surface area (Å²) in [7, 11) is 0. The van der Waals surface area contributed by atoms with E-state index in [-0.39, 0.29) is 5.56 Å². The molecule has 0 aliphatic rings. The fourth-order valence-corrected chi connectivity index (χ4v) is 1.44. The SMILES string of the molecule is CCc1ccc(-c2cc(=O)[nH]cn2)cc1. The smallest absolute Gasteiger partial charge is 0.251 e. The van der Waals surface area contributed by atoms with Gasteiger partial charge >= 0.3 is 0 Å². The zero-order chi connectivity index (χ0) is 10.7. The van der Waals surface area contributed by atoms with Crippen molar-refractivity contribution >= 4 is 0 Å². The van der Waals surface area contributed by atoms with E-state index in [1.54, 1.807) is 0 Å². The molecule has 1 aromatic carbocycles. The molecule has 3 heteroatoms. The molecule has 1 N–H and O–H groups in total. The van der Waals surface area contributed by atoms with Gasteiger partial charge in [0, 0.05) is 11.6 Å². The maximum atomic E-state index is 11.1. The zero-order valence-electron chi connectivity index (χ0n) is 8.53. The molecule has 0 amide bonds. The number of hydrogen-bond donors (Lipinski definition) is 1. The van der Waals surface area contributed by atoms with Crippen molar-refractivity contribution in [2.45, 2.75) is 13.3 Å². The van der Waals surface area contributed by atoms with Gasteiger partial charge in [-0.2, -0.15) is 0 Å². The summed E-state index contributed by atoms with van der Waals surface area (Å²) in [5.41, 5.74) is 2.84. The average Bonchev–Trinajstić information content (AvgIpc) is 2.29. The van der Waals surface area contributed by atoms with Crippen molar-refractivity contribution in [1.82, 2.24) is 9.97 Å². The van der Waals surface area contributed by atoms with E-state index in [1.807, 2.05) is 12.1 Å².